The Kier molecular flexibility index (Phi) is 4.72. The predicted molar refractivity (Wildman–Crippen MR) is 65.4 cm³/mol. The molecule has 84 valence electrons. The summed E-state index contributed by atoms with van der Waals surface area (Å²) in [6.45, 7) is 2.75. The number of nitrogens with two attached hydrogens (primary N) is 1. The molecule has 0 saturated carbocycles. The van der Waals surface area contributed by atoms with Crippen LogP contribution in [-0.4, -0.2) is 19.8 Å². The predicted octanol–water partition coefficient (Wildman–Crippen LogP) is 2.76. The molecule has 3 N–H and O–H groups in total. The Morgan fingerprint density at radius 2 is 2.27 bits per heavy atom. The topological polar surface area (TPSA) is 47.3 Å². The fraction of sp³-hybridized carbons (Fsp3) is 0.455. The Morgan fingerprint density at radius 3 is 2.87 bits per heavy atom. The number of anilines is 2. The maximum Gasteiger partial charge on any atom is 0.0739 e. The van der Waals surface area contributed by atoms with E-state index in [0.717, 1.165) is 12.1 Å². The molecule has 1 atom stereocenters. The summed E-state index contributed by atoms with van der Waals surface area (Å²) in [5.74, 6) is 0. The number of rotatable bonds is 5. The van der Waals surface area contributed by atoms with E-state index in [1.165, 1.54) is 0 Å². The van der Waals surface area contributed by atoms with Crippen LogP contribution in [0.4, 0.5) is 11.4 Å². The van der Waals surface area contributed by atoms with Gasteiger partial charge in [-0.3, -0.25) is 0 Å². The minimum absolute atomic E-state index is 0.260. The molecule has 3 nitrogen and oxygen atoms in total. The van der Waals surface area contributed by atoms with Crippen molar-refractivity contribution in [2.24, 2.45) is 0 Å². The van der Waals surface area contributed by atoms with Crippen LogP contribution in [0.15, 0.2) is 18.2 Å². The van der Waals surface area contributed by atoms with Crippen LogP contribution in [-0.2, 0) is 4.74 Å². The van der Waals surface area contributed by atoms with Gasteiger partial charge in [-0.25, -0.2) is 0 Å². The molecule has 1 rings (SSSR count). The average Bonchev–Trinajstić information content (AvgIpc) is 2.24. The lowest BCUT2D eigenvalue weighted by Gasteiger charge is -2.18. The molecule has 0 bridgehead atoms. The van der Waals surface area contributed by atoms with E-state index >= 15 is 0 Å². The first-order valence-corrected chi connectivity index (χ1v) is 5.36. The molecule has 0 radical (unpaired) electrons. The van der Waals surface area contributed by atoms with Gasteiger partial charge in [-0.1, -0.05) is 24.6 Å². The van der Waals surface area contributed by atoms with Crippen molar-refractivity contribution in [3.8, 4) is 0 Å². The minimum Gasteiger partial charge on any atom is -0.396 e. The molecule has 1 aromatic rings. The zero-order valence-electron chi connectivity index (χ0n) is 9.09. The van der Waals surface area contributed by atoms with Crippen LogP contribution in [0.2, 0.25) is 5.02 Å². The van der Waals surface area contributed by atoms with Crippen molar-refractivity contribution in [3.05, 3.63) is 23.2 Å². The Morgan fingerprint density at radius 1 is 1.53 bits per heavy atom. The van der Waals surface area contributed by atoms with E-state index in [9.17, 15) is 0 Å². The fourth-order valence-electron chi connectivity index (χ4n) is 1.35. The zero-order chi connectivity index (χ0) is 11.3. The third-order valence-electron chi connectivity index (χ3n) is 2.27. The summed E-state index contributed by atoms with van der Waals surface area (Å²) in [6, 6.07) is 5.83. The molecule has 0 aliphatic heterocycles. The zero-order valence-corrected chi connectivity index (χ0v) is 9.84. The number of halogens is 1. The molecule has 0 amide bonds. The van der Waals surface area contributed by atoms with Crippen molar-refractivity contribution in [1.29, 1.82) is 0 Å². The van der Waals surface area contributed by atoms with Crippen molar-refractivity contribution in [3.63, 3.8) is 0 Å². The highest BCUT2D eigenvalue weighted by Crippen LogP contribution is 2.27. The van der Waals surface area contributed by atoms with E-state index in [1.807, 2.05) is 12.1 Å². The molecular weight excluding hydrogens is 212 g/mol. The Bertz CT molecular complexity index is 317. The quantitative estimate of drug-likeness (QED) is 0.762. The summed E-state index contributed by atoms with van der Waals surface area (Å²) in [5, 5.41) is 3.88. The Balaban J connectivity index is 2.74. The van der Waals surface area contributed by atoms with Gasteiger partial charge in [-0.05, 0) is 18.6 Å². The van der Waals surface area contributed by atoms with Crippen LogP contribution < -0.4 is 11.1 Å². The maximum atomic E-state index is 5.92. The molecule has 4 heteroatoms. The van der Waals surface area contributed by atoms with Gasteiger partial charge in [0.2, 0.25) is 0 Å². The first-order valence-electron chi connectivity index (χ1n) is 4.98. The third kappa shape index (κ3) is 3.29. The van der Waals surface area contributed by atoms with Crippen molar-refractivity contribution in [2.75, 3.05) is 24.8 Å². The Labute approximate surface area is 95.6 Å². The second-order valence-corrected chi connectivity index (χ2v) is 3.81. The highest BCUT2D eigenvalue weighted by molar-refractivity contribution is 6.33. The maximum absolute atomic E-state index is 5.92. The summed E-state index contributed by atoms with van der Waals surface area (Å²) in [7, 11) is 1.69. The van der Waals surface area contributed by atoms with E-state index in [4.69, 9.17) is 22.1 Å². The number of hydrogen-bond donors (Lipinski definition) is 2. The average molecular weight is 229 g/mol. The largest absolute Gasteiger partial charge is 0.396 e. The van der Waals surface area contributed by atoms with Gasteiger partial charge in [0.1, 0.15) is 0 Å². The molecule has 0 heterocycles. The van der Waals surface area contributed by atoms with Gasteiger partial charge in [-0.15, -0.1) is 0 Å². The van der Waals surface area contributed by atoms with Crippen LogP contribution in [0, 0.1) is 0 Å². The van der Waals surface area contributed by atoms with E-state index in [0.29, 0.717) is 17.3 Å². The van der Waals surface area contributed by atoms with Gasteiger partial charge in [0.25, 0.3) is 0 Å². The van der Waals surface area contributed by atoms with Gasteiger partial charge in [0, 0.05) is 13.2 Å². The normalized spacial score (nSPS) is 12.5. The number of para-hydroxylation sites is 1. The molecule has 1 aromatic carbocycles. The summed E-state index contributed by atoms with van der Waals surface area (Å²) in [6.07, 6.45) is 0.972. The highest BCUT2D eigenvalue weighted by atomic mass is 35.5. The van der Waals surface area contributed by atoms with Crippen LogP contribution in [0.3, 0.4) is 0 Å². The lowest BCUT2D eigenvalue weighted by Crippen LogP contribution is -2.24. The second kappa shape index (κ2) is 5.83. The van der Waals surface area contributed by atoms with Crippen molar-refractivity contribution < 1.29 is 4.74 Å². The van der Waals surface area contributed by atoms with E-state index in [-0.39, 0.29) is 6.04 Å². The first kappa shape index (κ1) is 12.1. The van der Waals surface area contributed by atoms with Crippen LogP contribution in [0.1, 0.15) is 13.3 Å². The van der Waals surface area contributed by atoms with Crippen LogP contribution in [0.5, 0.6) is 0 Å². The molecular formula is C11H17ClN2O. The van der Waals surface area contributed by atoms with E-state index in [1.54, 1.807) is 13.2 Å². The van der Waals surface area contributed by atoms with Crippen LogP contribution >= 0.6 is 11.6 Å². The third-order valence-corrected chi connectivity index (χ3v) is 2.60. The number of hydrogen-bond acceptors (Lipinski definition) is 3. The van der Waals surface area contributed by atoms with Crippen LogP contribution in [0.25, 0.3) is 0 Å². The fourth-order valence-corrected chi connectivity index (χ4v) is 1.52. The summed E-state index contributed by atoms with van der Waals surface area (Å²) in [5.41, 5.74) is 7.30. The molecule has 15 heavy (non-hydrogen) atoms. The first-order chi connectivity index (χ1) is 7.19. The molecule has 0 spiro atoms. The molecule has 0 aromatic heterocycles. The molecule has 0 aliphatic rings. The summed E-state index contributed by atoms with van der Waals surface area (Å²) >= 11 is 5.92. The van der Waals surface area contributed by atoms with Gasteiger partial charge in [-0.2, -0.15) is 0 Å². The molecule has 0 aliphatic carbocycles. The van der Waals surface area contributed by atoms with Gasteiger partial charge in [0.05, 0.1) is 23.0 Å². The van der Waals surface area contributed by atoms with Crippen molar-refractivity contribution in [1.82, 2.24) is 0 Å². The summed E-state index contributed by atoms with van der Waals surface area (Å²) in [4.78, 5) is 0. The molecule has 0 fully saturated rings. The smallest absolute Gasteiger partial charge is 0.0739 e. The number of nitrogen functional groups attached to an aromatic ring is 1. The number of benzene rings is 1. The SMILES string of the molecule is CCC(COC)Nc1cccc(Cl)c1N. The van der Waals surface area contributed by atoms with Crippen molar-refractivity contribution >= 4 is 23.0 Å². The Hall–Kier alpha value is -0.930. The summed E-state index contributed by atoms with van der Waals surface area (Å²) < 4.78 is 5.10. The van der Waals surface area contributed by atoms with E-state index < -0.39 is 0 Å². The lowest BCUT2D eigenvalue weighted by atomic mass is 10.2. The number of nitrogens with one attached hydrogen (secondary N) is 1. The molecule has 1 unspecified atom stereocenters. The highest BCUT2D eigenvalue weighted by Gasteiger charge is 2.08. The van der Waals surface area contributed by atoms with Gasteiger partial charge >= 0.3 is 0 Å². The number of ether oxygens (including phenoxy) is 1. The number of methoxy groups -OCH3 is 1. The minimum atomic E-state index is 0.260. The van der Waals surface area contributed by atoms with Gasteiger partial charge < -0.3 is 15.8 Å². The lowest BCUT2D eigenvalue weighted by molar-refractivity contribution is 0.184. The van der Waals surface area contributed by atoms with E-state index in [2.05, 4.69) is 12.2 Å². The second-order valence-electron chi connectivity index (χ2n) is 3.41. The molecule has 0 saturated heterocycles. The van der Waals surface area contributed by atoms with Crippen molar-refractivity contribution in [2.45, 2.75) is 19.4 Å². The monoisotopic (exact) mass is 228 g/mol. The van der Waals surface area contributed by atoms with Gasteiger partial charge in [0.15, 0.2) is 0 Å². The standard InChI is InChI=1S/C11H17ClN2O/c1-3-8(7-15-2)14-10-6-4-5-9(12)11(10)13/h4-6,8,14H,3,7,13H2,1-2H3.